The molecule has 0 aliphatic carbocycles. The Labute approximate surface area is 119 Å². The minimum Gasteiger partial charge on any atom is -0.461 e. The van der Waals surface area contributed by atoms with Gasteiger partial charge in [-0.05, 0) is 12.5 Å². The Morgan fingerprint density at radius 1 is 1.25 bits per heavy atom. The van der Waals surface area contributed by atoms with Gasteiger partial charge in [0.05, 0.1) is 12.5 Å². The zero-order valence-electron chi connectivity index (χ0n) is 11.9. The van der Waals surface area contributed by atoms with Crippen molar-refractivity contribution >= 4 is 11.9 Å². The fourth-order valence-electron chi connectivity index (χ4n) is 1.48. The van der Waals surface area contributed by atoms with Crippen LogP contribution in [0.5, 0.6) is 0 Å². The van der Waals surface area contributed by atoms with Crippen molar-refractivity contribution < 1.29 is 19.1 Å². The normalized spacial score (nSPS) is 11.7. The number of hydrogen-bond donors (Lipinski definition) is 1. The van der Waals surface area contributed by atoms with Crippen LogP contribution in [0.25, 0.3) is 0 Å². The lowest BCUT2D eigenvalue weighted by Gasteiger charge is -2.13. The van der Waals surface area contributed by atoms with E-state index >= 15 is 0 Å². The molecule has 0 saturated heterocycles. The molecule has 1 aromatic rings. The summed E-state index contributed by atoms with van der Waals surface area (Å²) in [7, 11) is 0. The standard InChI is InChI=1S/C15H21NO4/c1-3-14(17)16-11-20-12(2)9-15(18)19-10-13-7-5-4-6-8-13/h4-8,12H,3,9-11H2,1-2H3,(H,16,17). The first-order valence-corrected chi connectivity index (χ1v) is 6.69. The Bertz CT molecular complexity index is 419. The van der Waals surface area contributed by atoms with E-state index in [4.69, 9.17) is 9.47 Å². The van der Waals surface area contributed by atoms with Crippen LogP contribution in [0.2, 0.25) is 0 Å². The van der Waals surface area contributed by atoms with Crippen LogP contribution in [-0.2, 0) is 25.7 Å². The van der Waals surface area contributed by atoms with Crippen molar-refractivity contribution in [2.45, 2.75) is 39.4 Å². The molecule has 5 heteroatoms. The summed E-state index contributed by atoms with van der Waals surface area (Å²) < 4.78 is 10.4. The van der Waals surface area contributed by atoms with Crippen LogP contribution < -0.4 is 5.32 Å². The van der Waals surface area contributed by atoms with Gasteiger partial charge in [-0.25, -0.2) is 0 Å². The van der Waals surface area contributed by atoms with Crippen LogP contribution in [0, 0.1) is 0 Å². The summed E-state index contributed by atoms with van der Waals surface area (Å²) in [6, 6.07) is 9.49. The molecule has 0 aromatic heterocycles. The summed E-state index contributed by atoms with van der Waals surface area (Å²) in [5.41, 5.74) is 0.949. The number of nitrogens with one attached hydrogen (secondary N) is 1. The van der Waals surface area contributed by atoms with Crippen molar-refractivity contribution in [1.82, 2.24) is 5.32 Å². The Morgan fingerprint density at radius 3 is 2.60 bits per heavy atom. The lowest BCUT2D eigenvalue weighted by molar-refractivity contribution is -0.148. The maximum absolute atomic E-state index is 11.6. The highest BCUT2D eigenvalue weighted by Crippen LogP contribution is 2.04. The van der Waals surface area contributed by atoms with Crippen LogP contribution in [0.3, 0.4) is 0 Å². The zero-order chi connectivity index (χ0) is 14.8. The Morgan fingerprint density at radius 2 is 1.95 bits per heavy atom. The fourth-order valence-corrected chi connectivity index (χ4v) is 1.48. The highest BCUT2D eigenvalue weighted by molar-refractivity contribution is 5.75. The van der Waals surface area contributed by atoms with Crippen LogP contribution in [0.1, 0.15) is 32.3 Å². The first-order valence-electron chi connectivity index (χ1n) is 6.69. The molecule has 0 fully saturated rings. The molecule has 5 nitrogen and oxygen atoms in total. The molecule has 0 heterocycles. The zero-order valence-corrected chi connectivity index (χ0v) is 11.9. The third-order valence-corrected chi connectivity index (χ3v) is 2.66. The molecule has 1 rings (SSSR count). The van der Waals surface area contributed by atoms with Gasteiger partial charge in [0.25, 0.3) is 0 Å². The molecule has 110 valence electrons. The second kappa shape index (κ2) is 9.09. The number of hydrogen-bond acceptors (Lipinski definition) is 4. The highest BCUT2D eigenvalue weighted by Gasteiger charge is 2.11. The molecule has 0 spiro atoms. The Hall–Kier alpha value is -1.88. The molecule has 1 amide bonds. The van der Waals surface area contributed by atoms with E-state index in [1.54, 1.807) is 13.8 Å². The van der Waals surface area contributed by atoms with E-state index in [-0.39, 0.29) is 37.7 Å². The SMILES string of the molecule is CCC(=O)NCOC(C)CC(=O)OCc1ccccc1. The van der Waals surface area contributed by atoms with Gasteiger partial charge in [0.2, 0.25) is 5.91 Å². The number of rotatable bonds is 8. The molecule has 20 heavy (non-hydrogen) atoms. The van der Waals surface area contributed by atoms with Crippen molar-refractivity contribution in [3.05, 3.63) is 35.9 Å². The Kier molecular flexibility index (Phi) is 7.35. The maximum Gasteiger partial charge on any atom is 0.308 e. The van der Waals surface area contributed by atoms with E-state index in [1.165, 1.54) is 0 Å². The van der Waals surface area contributed by atoms with E-state index in [0.717, 1.165) is 5.56 Å². The van der Waals surface area contributed by atoms with Gasteiger partial charge in [-0.1, -0.05) is 37.3 Å². The number of ether oxygens (including phenoxy) is 2. The first-order chi connectivity index (χ1) is 9.61. The summed E-state index contributed by atoms with van der Waals surface area (Å²) in [4.78, 5) is 22.6. The number of esters is 1. The van der Waals surface area contributed by atoms with Gasteiger partial charge in [-0.3, -0.25) is 9.59 Å². The third kappa shape index (κ3) is 6.89. The van der Waals surface area contributed by atoms with Crippen molar-refractivity contribution in [1.29, 1.82) is 0 Å². The number of amides is 1. The van der Waals surface area contributed by atoms with Crippen LogP contribution >= 0.6 is 0 Å². The summed E-state index contributed by atoms with van der Waals surface area (Å²) in [5.74, 6) is -0.396. The van der Waals surface area contributed by atoms with Gasteiger partial charge >= 0.3 is 5.97 Å². The summed E-state index contributed by atoms with van der Waals surface area (Å²) in [6.45, 7) is 3.90. The van der Waals surface area contributed by atoms with E-state index in [1.807, 2.05) is 30.3 Å². The first kappa shape index (κ1) is 16.2. The Balaban J connectivity index is 2.16. The predicted octanol–water partition coefficient (Wildman–Crippen LogP) is 2.01. The van der Waals surface area contributed by atoms with E-state index < -0.39 is 0 Å². The molecule has 1 atom stereocenters. The predicted molar refractivity (Wildman–Crippen MR) is 74.7 cm³/mol. The number of benzene rings is 1. The van der Waals surface area contributed by atoms with Crippen molar-refractivity contribution in [2.75, 3.05) is 6.73 Å². The second-order valence-electron chi connectivity index (χ2n) is 4.43. The molecule has 1 N–H and O–H groups in total. The molecule has 1 aromatic carbocycles. The van der Waals surface area contributed by atoms with Gasteiger partial charge in [0.1, 0.15) is 13.3 Å². The third-order valence-electron chi connectivity index (χ3n) is 2.66. The lowest BCUT2D eigenvalue weighted by Crippen LogP contribution is -2.28. The van der Waals surface area contributed by atoms with Crippen LogP contribution in [0.15, 0.2) is 30.3 Å². The maximum atomic E-state index is 11.6. The minimum atomic E-state index is -0.317. The average Bonchev–Trinajstić information content (AvgIpc) is 2.46. The monoisotopic (exact) mass is 279 g/mol. The minimum absolute atomic E-state index is 0.0798. The fraction of sp³-hybridized carbons (Fsp3) is 0.467. The average molecular weight is 279 g/mol. The van der Waals surface area contributed by atoms with Gasteiger partial charge in [0, 0.05) is 6.42 Å². The van der Waals surface area contributed by atoms with Gasteiger partial charge in [-0.15, -0.1) is 0 Å². The van der Waals surface area contributed by atoms with Gasteiger partial charge in [0.15, 0.2) is 0 Å². The van der Waals surface area contributed by atoms with Crippen molar-refractivity contribution in [3.63, 3.8) is 0 Å². The lowest BCUT2D eigenvalue weighted by atomic mass is 10.2. The van der Waals surface area contributed by atoms with Gasteiger partial charge in [-0.2, -0.15) is 0 Å². The summed E-state index contributed by atoms with van der Waals surface area (Å²) >= 11 is 0. The molecule has 0 radical (unpaired) electrons. The smallest absolute Gasteiger partial charge is 0.308 e. The molecule has 0 aliphatic heterocycles. The molecule has 1 unspecified atom stereocenters. The second-order valence-corrected chi connectivity index (χ2v) is 4.43. The number of carbonyl (C=O) groups is 2. The van der Waals surface area contributed by atoms with Crippen molar-refractivity contribution in [3.8, 4) is 0 Å². The van der Waals surface area contributed by atoms with E-state index in [2.05, 4.69) is 5.32 Å². The number of carbonyl (C=O) groups excluding carboxylic acids is 2. The molecular formula is C15H21NO4. The van der Waals surface area contributed by atoms with E-state index in [0.29, 0.717) is 6.42 Å². The molecule has 0 aliphatic rings. The topological polar surface area (TPSA) is 64.6 Å². The van der Waals surface area contributed by atoms with Crippen molar-refractivity contribution in [2.24, 2.45) is 0 Å². The van der Waals surface area contributed by atoms with Crippen LogP contribution in [0.4, 0.5) is 0 Å². The van der Waals surface area contributed by atoms with Crippen LogP contribution in [-0.4, -0.2) is 24.7 Å². The van der Waals surface area contributed by atoms with Gasteiger partial charge < -0.3 is 14.8 Å². The molecular weight excluding hydrogens is 258 g/mol. The van der Waals surface area contributed by atoms with E-state index in [9.17, 15) is 9.59 Å². The largest absolute Gasteiger partial charge is 0.461 e. The quantitative estimate of drug-likeness (QED) is 0.584. The summed E-state index contributed by atoms with van der Waals surface area (Å²) in [6.07, 6.45) is 0.279. The molecule has 0 saturated carbocycles. The highest BCUT2D eigenvalue weighted by atomic mass is 16.5. The molecule has 0 bridgehead atoms. The summed E-state index contributed by atoms with van der Waals surface area (Å²) in [5, 5.41) is 2.58.